The first-order chi connectivity index (χ1) is 21.8. The molecule has 0 atom stereocenters. The van der Waals surface area contributed by atoms with E-state index < -0.39 is 14.1 Å². The summed E-state index contributed by atoms with van der Waals surface area (Å²) in [7, 11) is 0.263. The second-order valence-electron chi connectivity index (χ2n) is 13.7. The number of carbonyl (C=O) groups is 1. The van der Waals surface area contributed by atoms with E-state index >= 15 is 0 Å². The van der Waals surface area contributed by atoms with Crippen LogP contribution >= 0.6 is 23.4 Å². The zero-order chi connectivity index (χ0) is 33.1. The fraction of sp³-hybridized carbons (Fsp3) is 0.515. The topological polar surface area (TPSA) is 95.5 Å². The van der Waals surface area contributed by atoms with Crippen molar-refractivity contribution in [2.75, 3.05) is 56.2 Å². The molecule has 2 aromatic heterocycles. The quantitative estimate of drug-likeness (QED) is 0.124. The van der Waals surface area contributed by atoms with Crippen LogP contribution in [-0.2, 0) is 9.22 Å². The lowest BCUT2D eigenvalue weighted by Crippen LogP contribution is -2.54. The Kier molecular flexibility index (Phi) is 11.1. The average Bonchev–Trinajstić information content (AvgIpc) is 2.97. The summed E-state index contributed by atoms with van der Waals surface area (Å²) in [5.74, 6) is 0.691. The van der Waals surface area contributed by atoms with E-state index in [0.717, 1.165) is 39.0 Å². The monoisotopic (exact) mass is 685 g/mol. The Morgan fingerprint density at radius 3 is 2.57 bits per heavy atom. The van der Waals surface area contributed by atoms with Gasteiger partial charge in [-0.3, -0.25) is 9.69 Å². The first-order valence-electron chi connectivity index (χ1n) is 15.9. The molecule has 1 saturated heterocycles. The number of likely N-dealkylation sites (N-methyl/N-ethyl adjacent to an activating group) is 1. The fourth-order valence-corrected chi connectivity index (χ4v) is 7.39. The van der Waals surface area contributed by atoms with Gasteiger partial charge < -0.3 is 20.0 Å². The van der Waals surface area contributed by atoms with Crippen molar-refractivity contribution in [2.24, 2.45) is 5.92 Å². The molecule has 0 unspecified atom stereocenters. The molecule has 0 bridgehead atoms. The lowest BCUT2D eigenvalue weighted by atomic mass is 9.78. The fourth-order valence-electron chi connectivity index (χ4n) is 5.30. The standard InChI is InChI=1S/C33H45ClFN7O2SSi/c1-33(2,3)46(5,6)44-15-16-45-32-29(21-28(39-40-32)26-19-23(34)7-8-27(26)35)37-24-9-10-36-30(20-24)38-31(43)22-17-25(18-22)42-13-11-41(4)12-14-42/h7-10,19-22,25H,11-18H2,1-6H3,(H2,36,37,38,39,43). The molecule has 46 heavy (non-hydrogen) atoms. The molecular weight excluding hydrogens is 641 g/mol. The third kappa shape index (κ3) is 8.64. The molecule has 3 heterocycles. The number of piperazine rings is 1. The highest BCUT2D eigenvalue weighted by Crippen LogP contribution is 2.38. The van der Waals surface area contributed by atoms with Gasteiger partial charge in [-0.05, 0) is 68.4 Å². The third-order valence-electron chi connectivity index (χ3n) is 9.38. The maximum absolute atomic E-state index is 14.8. The van der Waals surface area contributed by atoms with Gasteiger partial charge in [0.15, 0.2) is 8.32 Å². The zero-order valence-corrected chi connectivity index (χ0v) is 30.1. The number of pyridine rings is 1. The van der Waals surface area contributed by atoms with E-state index in [4.69, 9.17) is 16.0 Å². The molecular formula is C33H45ClFN7O2SSi. The minimum Gasteiger partial charge on any atom is -0.416 e. The van der Waals surface area contributed by atoms with Crippen molar-refractivity contribution in [1.82, 2.24) is 25.0 Å². The highest BCUT2D eigenvalue weighted by Gasteiger charge is 2.39. The Hall–Kier alpha value is -2.61. The van der Waals surface area contributed by atoms with Crippen LogP contribution in [0.2, 0.25) is 23.2 Å². The summed E-state index contributed by atoms with van der Waals surface area (Å²) in [6.07, 6.45) is 3.40. The number of nitrogens with zero attached hydrogens (tertiary/aromatic N) is 5. The largest absolute Gasteiger partial charge is 0.416 e. The van der Waals surface area contributed by atoms with Gasteiger partial charge in [-0.2, -0.15) is 0 Å². The van der Waals surface area contributed by atoms with E-state index in [1.807, 2.05) is 6.07 Å². The van der Waals surface area contributed by atoms with Crippen LogP contribution in [0.3, 0.4) is 0 Å². The lowest BCUT2D eigenvalue weighted by molar-refractivity contribution is -0.124. The van der Waals surface area contributed by atoms with Crippen LogP contribution in [0, 0.1) is 11.7 Å². The molecule has 9 nitrogen and oxygen atoms in total. The van der Waals surface area contributed by atoms with Crippen molar-refractivity contribution in [3.8, 4) is 11.3 Å². The summed E-state index contributed by atoms with van der Waals surface area (Å²) in [6, 6.07) is 10.2. The first kappa shape index (κ1) is 34.7. The molecule has 2 N–H and O–H groups in total. The highest BCUT2D eigenvalue weighted by molar-refractivity contribution is 7.99. The maximum atomic E-state index is 14.8. The number of aromatic nitrogens is 3. The molecule has 1 aromatic carbocycles. The van der Waals surface area contributed by atoms with Gasteiger partial charge in [0.05, 0.1) is 11.4 Å². The smallest absolute Gasteiger partial charge is 0.228 e. The van der Waals surface area contributed by atoms with E-state index in [1.165, 1.54) is 23.9 Å². The van der Waals surface area contributed by atoms with Gasteiger partial charge in [0.2, 0.25) is 5.91 Å². The van der Waals surface area contributed by atoms with Crippen LogP contribution < -0.4 is 10.6 Å². The number of anilines is 3. The van der Waals surface area contributed by atoms with Crippen molar-refractivity contribution in [3.63, 3.8) is 0 Å². The number of hydrogen-bond acceptors (Lipinski definition) is 9. The second kappa shape index (κ2) is 14.7. The summed E-state index contributed by atoms with van der Waals surface area (Å²) in [5.41, 5.74) is 1.98. The molecule has 1 saturated carbocycles. The summed E-state index contributed by atoms with van der Waals surface area (Å²) < 4.78 is 21.1. The molecule has 1 aliphatic heterocycles. The number of benzene rings is 1. The summed E-state index contributed by atoms with van der Waals surface area (Å²) in [6.45, 7) is 16.0. The molecule has 0 spiro atoms. The van der Waals surface area contributed by atoms with Crippen LogP contribution in [0.4, 0.5) is 21.6 Å². The van der Waals surface area contributed by atoms with Crippen LogP contribution in [0.1, 0.15) is 33.6 Å². The number of carbonyl (C=O) groups excluding carboxylic acids is 1. The molecule has 2 fully saturated rings. The zero-order valence-electron chi connectivity index (χ0n) is 27.6. The lowest BCUT2D eigenvalue weighted by Gasteiger charge is -2.45. The van der Waals surface area contributed by atoms with Crippen LogP contribution in [0.15, 0.2) is 47.6 Å². The van der Waals surface area contributed by atoms with E-state index in [1.54, 1.807) is 24.4 Å². The van der Waals surface area contributed by atoms with E-state index in [0.29, 0.717) is 51.3 Å². The van der Waals surface area contributed by atoms with Crippen molar-refractivity contribution in [2.45, 2.75) is 62.8 Å². The highest BCUT2D eigenvalue weighted by atomic mass is 35.5. The molecule has 1 amide bonds. The Morgan fingerprint density at radius 2 is 1.85 bits per heavy atom. The van der Waals surface area contributed by atoms with E-state index in [-0.39, 0.29) is 22.4 Å². The van der Waals surface area contributed by atoms with Gasteiger partial charge in [-0.1, -0.05) is 32.4 Å². The number of rotatable bonds is 11. The normalized spacial score (nSPS) is 19.5. The number of amides is 1. The minimum absolute atomic E-state index is 0.00250. The first-order valence-corrected chi connectivity index (χ1v) is 20.1. The maximum Gasteiger partial charge on any atom is 0.228 e. The van der Waals surface area contributed by atoms with Crippen molar-refractivity contribution in [3.05, 3.63) is 53.4 Å². The molecule has 2 aliphatic rings. The Balaban J connectivity index is 1.27. The van der Waals surface area contributed by atoms with Crippen molar-refractivity contribution >= 4 is 54.8 Å². The Labute approximate surface area is 282 Å². The van der Waals surface area contributed by atoms with Crippen molar-refractivity contribution in [1.29, 1.82) is 0 Å². The Bertz CT molecular complexity index is 1530. The summed E-state index contributed by atoms with van der Waals surface area (Å²) in [4.78, 5) is 22.3. The predicted molar refractivity (Wildman–Crippen MR) is 188 cm³/mol. The molecule has 13 heteroatoms. The van der Waals surface area contributed by atoms with Gasteiger partial charge in [0, 0.05) is 79.0 Å². The number of thioether (sulfide) groups is 1. The van der Waals surface area contributed by atoms with Gasteiger partial charge in [-0.15, -0.1) is 22.0 Å². The van der Waals surface area contributed by atoms with Gasteiger partial charge in [0.1, 0.15) is 16.7 Å². The van der Waals surface area contributed by atoms with Crippen LogP contribution in [0.25, 0.3) is 11.3 Å². The van der Waals surface area contributed by atoms with Crippen LogP contribution in [0.5, 0.6) is 0 Å². The second-order valence-corrected chi connectivity index (χ2v) is 20.1. The number of hydrogen-bond donors (Lipinski definition) is 2. The van der Waals surface area contributed by atoms with Crippen molar-refractivity contribution < 1.29 is 13.6 Å². The number of halogens is 2. The van der Waals surface area contributed by atoms with Crippen LogP contribution in [-0.4, -0.2) is 90.8 Å². The molecule has 3 aromatic rings. The summed E-state index contributed by atoms with van der Waals surface area (Å²) >= 11 is 7.70. The Morgan fingerprint density at radius 1 is 1.11 bits per heavy atom. The van der Waals surface area contributed by atoms with Gasteiger partial charge >= 0.3 is 0 Å². The van der Waals surface area contributed by atoms with E-state index in [2.05, 4.69) is 76.5 Å². The third-order valence-corrected chi connectivity index (χ3v) is 15.1. The molecule has 1 aliphatic carbocycles. The predicted octanol–water partition coefficient (Wildman–Crippen LogP) is 7.15. The molecule has 248 valence electrons. The molecule has 5 rings (SSSR count). The van der Waals surface area contributed by atoms with E-state index in [9.17, 15) is 9.18 Å². The minimum atomic E-state index is -1.89. The van der Waals surface area contributed by atoms with Gasteiger partial charge in [0.25, 0.3) is 0 Å². The van der Waals surface area contributed by atoms with Gasteiger partial charge in [-0.25, -0.2) is 9.37 Å². The SMILES string of the molecule is CN1CCN(C2CC(C(=O)Nc3cc(Nc4cc(-c5cc(Cl)ccc5F)nnc4SCCO[Si](C)(C)C(C)(C)C)ccn3)C2)CC1. The number of nitrogens with one attached hydrogen (secondary N) is 2. The summed E-state index contributed by atoms with van der Waals surface area (Å²) in [5, 5.41) is 16.4. The average molecular weight is 686 g/mol. The molecule has 0 radical (unpaired) electrons.